The van der Waals surface area contributed by atoms with Gasteiger partial charge in [0.1, 0.15) is 17.2 Å². The lowest BCUT2D eigenvalue weighted by molar-refractivity contribution is -0.113. The first kappa shape index (κ1) is 34.2. The van der Waals surface area contributed by atoms with E-state index in [4.69, 9.17) is 9.47 Å². The van der Waals surface area contributed by atoms with Gasteiger partial charge in [-0.05, 0) is 123 Å². The van der Waals surface area contributed by atoms with Crippen LogP contribution in [-0.4, -0.2) is 45.7 Å². The average molecular weight is 627 g/mol. The molecule has 3 amide bonds. The zero-order chi connectivity index (χ0) is 33.6. The van der Waals surface area contributed by atoms with Crippen molar-refractivity contribution in [3.8, 4) is 17.0 Å². The molecule has 1 aromatic heterocycles. The summed E-state index contributed by atoms with van der Waals surface area (Å²) in [5.41, 5.74) is 4.37. The van der Waals surface area contributed by atoms with Gasteiger partial charge in [-0.2, -0.15) is 0 Å². The first-order valence-electron chi connectivity index (χ1n) is 15.9. The number of pyridine rings is 1. The quantitative estimate of drug-likeness (QED) is 0.271. The minimum absolute atomic E-state index is 0.163. The molecule has 2 aromatic carbocycles. The first-order chi connectivity index (χ1) is 21.6. The van der Waals surface area contributed by atoms with Crippen LogP contribution in [0.15, 0.2) is 66.2 Å². The van der Waals surface area contributed by atoms with Crippen LogP contribution in [0.1, 0.15) is 85.3 Å². The fourth-order valence-corrected chi connectivity index (χ4v) is 5.42. The molecule has 9 nitrogen and oxygen atoms in total. The normalized spacial score (nSPS) is 13.6. The maximum atomic E-state index is 13.7. The largest absolute Gasteiger partial charge is 0.444 e. The van der Waals surface area contributed by atoms with Gasteiger partial charge in [0, 0.05) is 28.9 Å². The number of rotatable bonds is 7. The number of nitrogens with zero attached hydrogens (tertiary/aromatic N) is 2. The molecular formula is C37H46N4O5. The lowest BCUT2D eigenvalue weighted by Gasteiger charge is -2.33. The standard InChI is InChI=1S/C37H46N4O5/c1-9-41(36(3,4)5)35(44)45-31-22-21-26(23-29(31)30-15-12-16-32(39-30)40-34(43)46-37(6,7)8)38-33(42)28-14-11-10-13-27(28)25-19-17-24(2)18-20-25/h12,15-23H,9-11,13-14H2,1-8H3,(H,38,42)(H,39,40,43). The van der Waals surface area contributed by atoms with Crippen molar-refractivity contribution in [1.29, 1.82) is 0 Å². The second-order valence-corrected chi connectivity index (χ2v) is 13.5. The molecule has 2 N–H and O–H groups in total. The molecule has 1 aliphatic rings. The Morgan fingerprint density at radius 2 is 1.59 bits per heavy atom. The van der Waals surface area contributed by atoms with Gasteiger partial charge in [0.15, 0.2) is 0 Å². The number of nitrogens with one attached hydrogen (secondary N) is 2. The Labute approximate surface area is 272 Å². The summed E-state index contributed by atoms with van der Waals surface area (Å²) in [6.07, 6.45) is 2.37. The van der Waals surface area contributed by atoms with Gasteiger partial charge in [-0.1, -0.05) is 35.9 Å². The average Bonchev–Trinajstić information content (AvgIpc) is 2.97. The number of aryl methyl sites for hydroxylation is 1. The zero-order valence-electron chi connectivity index (χ0n) is 28.2. The highest BCUT2D eigenvalue weighted by molar-refractivity contribution is 6.09. The molecule has 46 heavy (non-hydrogen) atoms. The zero-order valence-corrected chi connectivity index (χ0v) is 28.2. The number of anilines is 2. The molecule has 0 bridgehead atoms. The van der Waals surface area contributed by atoms with Crippen molar-refractivity contribution in [3.05, 3.63) is 77.4 Å². The Hall–Kier alpha value is -4.66. The van der Waals surface area contributed by atoms with E-state index in [0.29, 0.717) is 29.9 Å². The molecular weight excluding hydrogens is 580 g/mol. The fraction of sp³-hybridized carbons (Fsp3) is 0.405. The van der Waals surface area contributed by atoms with E-state index in [1.807, 2.05) is 34.6 Å². The molecule has 0 radical (unpaired) electrons. The summed E-state index contributed by atoms with van der Waals surface area (Å²) in [5.74, 6) is 0.368. The topological polar surface area (TPSA) is 110 Å². The monoisotopic (exact) mass is 626 g/mol. The van der Waals surface area contributed by atoms with Gasteiger partial charge >= 0.3 is 12.2 Å². The molecule has 1 heterocycles. The van der Waals surface area contributed by atoms with Gasteiger partial charge in [-0.3, -0.25) is 10.1 Å². The van der Waals surface area contributed by atoms with E-state index >= 15 is 0 Å². The number of ether oxygens (including phenoxy) is 2. The van der Waals surface area contributed by atoms with Crippen molar-refractivity contribution in [3.63, 3.8) is 0 Å². The first-order valence-corrected chi connectivity index (χ1v) is 15.9. The summed E-state index contributed by atoms with van der Waals surface area (Å²) < 4.78 is 11.3. The molecule has 3 aromatic rings. The van der Waals surface area contributed by atoms with Crippen LogP contribution in [0, 0.1) is 6.92 Å². The van der Waals surface area contributed by atoms with Gasteiger partial charge in [0.2, 0.25) is 0 Å². The summed E-state index contributed by atoms with van der Waals surface area (Å²) in [4.78, 5) is 45.7. The Kier molecular flexibility index (Phi) is 10.6. The highest BCUT2D eigenvalue weighted by atomic mass is 16.6. The van der Waals surface area contributed by atoms with E-state index in [1.54, 1.807) is 62.1 Å². The van der Waals surface area contributed by atoms with E-state index in [1.165, 1.54) is 5.56 Å². The summed E-state index contributed by atoms with van der Waals surface area (Å²) >= 11 is 0. The van der Waals surface area contributed by atoms with Gasteiger partial charge in [0.05, 0.1) is 5.69 Å². The number of allylic oxidation sites excluding steroid dienone is 1. The number of amides is 3. The van der Waals surface area contributed by atoms with Crippen molar-refractivity contribution in [2.45, 2.75) is 92.2 Å². The van der Waals surface area contributed by atoms with E-state index in [0.717, 1.165) is 36.0 Å². The lowest BCUT2D eigenvalue weighted by Crippen LogP contribution is -2.46. The predicted molar refractivity (Wildman–Crippen MR) is 183 cm³/mol. The van der Waals surface area contributed by atoms with E-state index in [9.17, 15) is 14.4 Å². The molecule has 0 atom stereocenters. The van der Waals surface area contributed by atoms with Crippen molar-refractivity contribution in [1.82, 2.24) is 9.88 Å². The van der Waals surface area contributed by atoms with Crippen molar-refractivity contribution < 1.29 is 23.9 Å². The number of carbonyl (C=O) groups is 3. The second-order valence-electron chi connectivity index (χ2n) is 13.5. The molecule has 4 rings (SSSR count). The Bertz CT molecular complexity index is 1610. The summed E-state index contributed by atoms with van der Waals surface area (Å²) in [6.45, 7) is 15.6. The van der Waals surface area contributed by atoms with Crippen molar-refractivity contribution in [2.24, 2.45) is 0 Å². The molecule has 0 spiro atoms. The van der Waals surface area contributed by atoms with Crippen LogP contribution in [-0.2, 0) is 9.53 Å². The molecule has 0 fully saturated rings. The smallest absolute Gasteiger partial charge is 0.415 e. The number of hydrogen-bond acceptors (Lipinski definition) is 6. The van der Waals surface area contributed by atoms with Crippen LogP contribution in [0.4, 0.5) is 21.1 Å². The van der Waals surface area contributed by atoms with Gasteiger partial charge in [-0.25, -0.2) is 14.6 Å². The maximum absolute atomic E-state index is 13.7. The molecule has 9 heteroatoms. The lowest BCUT2D eigenvalue weighted by atomic mass is 9.86. The van der Waals surface area contributed by atoms with Crippen LogP contribution in [0.25, 0.3) is 16.8 Å². The Morgan fingerprint density at radius 3 is 2.24 bits per heavy atom. The maximum Gasteiger partial charge on any atom is 0.415 e. The Morgan fingerprint density at radius 1 is 0.891 bits per heavy atom. The molecule has 0 unspecified atom stereocenters. The third-order valence-corrected chi connectivity index (χ3v) is 7.58. The number of benzene rings is 2. The van der Waals surface area contributed by atoms with Crippen molar-refractivity contribution in [2.75, 3.05) is 17.2 Å². The molecule has 0 saturated heterocycles. The fourth-order valence-electron chi connectivity index (χ4n) is 5.42. The van der Waals surface area contributed by atoms with Gasteiger partial charge in [0.25, 0.3) is 5.91 Å². The minimum atomic E-state index is -0.680. The molecule has 0 saturated carbocycles. The molecule has 244 valence electrons. The predicted octanol–water partition coefficient (Wildman–Crippen LogP) is 8.99. The van der Waals surface area contributed by atoms with Crippen LogP contribution in [0.2, 0.25) is 0 Å². The molecule has 0 aliphatic heterocycles. The Balaban J connectivity index is 1.70. The third-order valence-electron chi connectivity index (χ3n) is 7.58. The highest BCUT2D eigenvalue weighted by Crippen LogP contribution is 2.36. The van der Waals surface area contributed by atoms with Crippen LogP contribution in [0.3, 0.4) is 0 Å². The summed E-state index contributed by atoms with van der Waals surface area (Å²) in [7, 11) is 0. The summed E-state index contributed by atoms with van der Waals surface area (Å²) in [6, 6.07) is 18.5. The van der Waals surface area contributed by atoms with Crippen molar-refractivity contribution >= 4 is 35.2 Å². The van der Waals surface area contributed by atoms with E-state index in [-0.39, 0.29) is 17.5 Å². The molecule has 1 aliphatic carbocycles. The summed E-state index contributed by atoms with van der Waals surface area (Å²) in [5, 5.41) is 5.74. The van der Waals surface area contributed by atoms with Crippen LogP contribution >= 0.6 is 0 Å². The SMILES string of the molecule is CCN(C(=O)Oc1ccc(NC(=O)C2=C(c3ccc(C)cc3)CCCC2)cc1-c1cccc(NC(=O)OC(C)(C)C)n1)C(C)(C)C. The van der Waals surface area contributed by atoms with E-state index in [2.05, 4.69) is 39.9 Å². The second kappa shape index (κ2) is 14.2. The van der Waals surface area contributed by atoms with Crippen LogP contribution in [0.5, 0.6) is 5.75 Å². The van der Waals surface area contributed by atoms with E-state index < -0.39 is 23.3 Å². The number of aromatic nitrogens is 1. The van der Waals surface area contributed by atoms with Crippen LogP contribution < -0.4 is 15.4 Å². The minimum Gasteiger partial charge on any atom is -0.444 e. The van der Waals surface area contributed by atoms with Gasteiger partial charge in [-0.15, -0.1) is 0 Å². The highest BCUT2D eigenvalue weighted by Gasteiger charge is 2.28. The number of hydrogen-bond donors (Lipinski definition) is 2. The third kappa shape index (κ3) is 8.96. The van der Waals surface area contributed by atoms with Gasteiger partial charge < -0.3 is 19.7 Å². The number of carbonyl (C=O) groups excluding carboxylic acids is 3.